The van der Waals surface area contributed by atoms with Crippen LogP contribution in [0.15, 0.2) is 41.5 Å². The lowest BCUT2D eigenvalue weighted by Gasteiger charge is -2.55. The number of aromatic nitrogens is 1. The van der Waals surface area contributed by atoms with Gasteiger partial charge in [0.2, 0.25) is 0 Å². The Kier molecular flexibility index (Phi) is 4.76. The normalized spacial score (nSPS) is 31.5. The van der Waals surface area contributed by atoms with Crippen molar-refractivity contribution in [3.63, 3.8) is 0 Å². The molecule has 1 amide bonds. The fourth-order valence-corrected chi connectivity index (χ4v) is 7.15. The summed E-state index contributed by atoms with van der Waals surface area (Å²) in [4.78, 5) is 20.1. The van der Waals surface area contributed by atoms with Gasteiger partial charge in [0.15, 0.2) is 4.80 Å². The first-order valence-electron chi connectivity index (χ1n) is 10.5. The molecule has 0 unspecified atom stereocenters. The van der Waals surface area contributed by atoms with Crippen LogP contribution < -0.4 is 4.80 Å². The third-order valence-corrected chi connectivity index (χ3v) is 8.07. The van der Waals surface area contributed by atoms with Crippen molar-refractivity contribution in [2.45, 2.75) is 45.1 Å². The van der Waals surface area contributed by atoms with Gasteiger partial charge in [-0.25, -0.2) is 0 Å². The number of carbonyl (C=O) groups excluding carboxylic acids is 1. The van der Waals surface area contributed by atoms with Crippen LogP contribution in [0.2, 0.25) is 0 Å². The van der Waals surface area contributed by atoms with Crippen LogP contribution in [0, 0.1) is 23.2 Å². The first-order valence-corrected chi connectivity index (χ1v) is 11.3. The molecule has 4 aliphatic rings. The van der Waals surface area contributed by atoms with Crippen molar-refractivity contribution in [1.82, 2.24) is 4.57 Å². The Morgan fingerprint density at radius 1 is 1.14 bits per heavy atom. The van der Waals surface area contributed by atoms with Crippen LogP contribution in [0.3, 0.4) is 0 Å². The molecule has 1 heterocycles. The molecule has 5 heteroatoms. The Morgan fingerprint density at radius 2 is 1.79 bits per heavy atom. The smallest absolute Gasteiger partial charge is 0.254 e. The zero-order chi connectivity index (χ0) is 19.1. The minimum atomic E-state index is -0.176. The molecular weight excluding hydrogens is 368 g/mol. The molecule has 0 saturated heterocycles. The van der Waals surface area contributed by atoms with Crippen molar-refractivity contribution in [2.24, 2.45) is 28.2 Å². The average Bonchev–Trinajstić information content (AvgIpc) is 3.08. The van der Waals surface area contributed by atoms with E-state index in [9.17, 15) is 4.79 Å². The molecule has 4 fully saturated rings. The van der Waals surface area contributed by atoms with E-state index in [0.29, 0.717) is 13.2 Å². The molecule has 0 spiro atoms. The zero-order valence-electron chi connectivity index (χ0n) is 16.5. The van der Waals surface area contributed by atoms with E-state index in [2.05, 4.69) is 22.9 Å². The lowest BCUT2D eigenvalue weighted by Crippen LogP contribution is -2.49. The molecule has 28 heavy (non-hydrogen) atoms. The van der Waals surface area contributed by atoms with Gasteiger partial charge in [-0.3, -0.25) is 4.79 Å². The molecule has 0 radical (unpaired) electrons. The van der Waals surface area contributed by atoms with Gasteiger partial charge < -0.3 is 9.30 Å². The first-order chi connectivity index (χ1) is 13.6. The lowest BCUT2D eigenvalue weighted by molar-refractivity contribution is -0.142. The highest BCUT2D eigenvalue weighted by molar-refractivity contribution is 7.12. The van der Waals surface area contributed by atoms with Crippen LogP contribution in [-0.4, -0.2) is 24.2 Å². The number of nitrogens with zero attached hydrogens (tertiary/aromatic N) is 2. The third kappa shape index (κ3) is 3.29. The van der Waals surface area contributed by atoms with Gasteiger partial charge in [-0.2, -0.15) is 4.99 Å². The average molecular weight is 397 g/mol. The van der Waals surface area contributed by atoms with Crippen molar-refractivity contribution in [3.05, 3.63) is 41.3 Å². The van der Waals surface area contributed by atoms with Gasteiger partial charge in [0, 0.05) is 19.9 Å². The van der Waals surface area contributed by atoms with E-state index in [4.69, 9.17) is 9.73 Å². The Labute approximate surface area is 170 Å². The molecule has 4 nitrogen and oxygen atoms in total. The number of rotatable bonds is 5. The topological polar surface area (TPSA) is 43.6 Å². The fourth-order valence-electron chi connectivity index (χ4n) is 6.13. The molecule has 1 aromatic carbocycles. The van der Waals surface area contributed by atoms with Crippen molar-refractivity contribution < 1.29 is 9.53 Å². The number of thiazole rings is 1. The molecule has 4 bridgehead atoms. The fraction of sp³-hybridized carbons (Fsp3) is 0.565. The van der Waals surface area contributed by atoms with Crippen LogP contribution in [0.25, 0.3) is 10.4 Å². The first kappa shape index (κ1) is 18.3. The van der Waals surface area contributed by atoms with Crippen molar-refractivity contribution >= 4 is 17.2 Å². The number of hydrogen-bond donors (Lipinski definition) is 0. The molecule has 0 atom stereocenters. The highest BCUT2D eigenvalue weighted by Crippen LogP contribution is 2.60. The summed E-state index contributed by atoms with van der Waals surface area (Å²) >= 11 is 1.62. The van der Waals surface area contributed by atoms with Gasteiger partial charge in [0.1, 0.15) is 0 Å². The van der Waals surface area contributed by atoms with E-state index in [1.807, 2.05) is 18.2 Å². The van der Waals surface area contributed by atoms with Gasteiger partial charge in [0.25, 0.3) is 5.91 Å². The quantitative estimate of drug-likeness (QED) is 0.746. The van der Waals surface area contributed by atoms with E-state index >= 15 is 0 Å². The predicted octanol–water partition coefficient (Wildman–Crippen LogP) is 4.51. The number of benzene rings is 1. The van der Waals surface area contributed by atoms with E-state index in [1.165, 1.54) is 24.8 Å². The summed E-state index contributed by atoms with van der Waals surface area (Å²) in [7, 11) is 1.71. The molecule has 0 N–H and O–H groups in total. The standard InChI is InChI=1S/C23H28N2O2S/c1-27-8-7-25-15-20(19-5-3-2-4-6-19)28-22(25)24-21(26)23-12-16-9-17(13-23)11-18(10-16)14-23/h2-6,15-18H,7-14H2,1H3/b24-22-. The lowest BCUT2D eigenvalue weighted by atomic mass is 9.49. The maximum absolute atomic E-state index is 13.4. The largest absolute Gasteiger partial charge is 0.383 e. The third-order valence-electron chi connectivity index (χ3n) is 7.00. The Morgan fingerprint density at radius 3 is 2.39 bits per heavy atom. The summed E-state index contributed by atoms with van der Waals surface area (Å²) in [5.41, 5.74) is 0.993. The molecule has 4 aliphatic carbocycles. The minimum Gasteiger partial charge on any atom is -0.383 e. The minimum absolute atomic E-state index is 0.138. The van der Waals surface area contributed by atoms with Gasteiger partial charge in [-0.15, -0.1) is 0 Å². The predicted molar refractivity (Wildman–Crippen MR) is 111 cm³/mol. The summed E-state index contributed by atoms with van der Waals surface area (Å²) in [6.07, 6.45) is 9.35. The van der Waals surface area contributed by atoms with E-state index in [-0.39, 0.29) is 11.3 Å². The Bertz CT molecular complexity index is 892. The Hall–Kier alpha value is -1.72. The van der Waals surface area contributed by atoms with Gasteiger partial charge in [0.05, 0.1) is 16.9 Å². The molecule has 2 aromatic rings. The Balaban J connectivity index is 1.50. The van der Waals surface area contributed by atoms with Gasteiger partial charge >= 0.3 is 0 Å². The number of methoxy groups -OCH3 is 1. The van der Waals surface area contributed by atoms with Crippen LogP contribution in [0.4, 0.5) is 0 Å². The molecule has 0 aliphatic heterocycles. The molecule has 148 valence electrons. The molecule has 6 rings (SSSR count). The van der Waals surface area contributed by atoms with Crippen molar-refractivity contribution in [2.75, 3.05) is 13.7 Å². The number of hydrogen-bond acceptors (Lipinski definition) is 3. The van der Waals surface area contributed by atoms with Crippen LogP contribution in [0.1, 0.15) is 38.5 Å². The van der Waals surface area contributed by atoms with Gasteiger partial charge in [-0.1, -0.05) is 41.7 Å². The SMILES string of the molecule is COCCn1cc(-c2ccccc2)s/c1=N\C(=O)C12CC3CC(CC(C3)C1)C2. The van der Waals surface area contributed by atoms with Gasteiger partial charge in [-0.05, 0) is 61.8 Å². The summed E-state index contributed by atoms with van der Waals surface area (Å²) in [5, 5.41) is 0. The zero-order valence-corrected chi connectivity index (χ0v) is 17.3. The molecule has 1 aromatic heterocycles. The monoisotopic (exact) mass is 396 g/mol. The maximum atomic E-state index is 13.4. The number of carbonyl (C=O) groups is 1. The van der Waals surface area contributed by atoms with E-state index < -0.39 is 0 Å². The second kappa shape index (κ2) is 7.27. The van der Waals surface area contributed by atoms with E-state index in [0.717, 1.165) is 46.7 Å². The summed E-state index contributed by atoms with van der Waals surface area (Å²) in [6.45, 7) is 1.33. The second-order valence-corrected chi connectivity index (χ2v) is 10.1. The maximum Gasteiger partial charge on any atom is 0.254 e. The second-order valence-electron chi connectivity index (χ2n) is 9.05. The molecule has 4 saturated carbocycles. The molecular formula is C23H28N2O2S. The number of ether oxygens (including phenoxy) is 1. The van der Waals surface area contributed by atoms with Crippen LogP contribution in [-0.2, 0) is 16.1 Å². The summed E-state index contributed by atoms with van der Waals surface area (Å²) < 4.78 is 7.37. The number of amides is 1. The van der Waals surface area contributed by atoms with Crippen LogP contribution >= 0.6 is 11.3 Å². The van der Waals surface area contributed by atoms with Crippen molar-refractivity contribution in [1.29, 1.82) is 0 Å². The summed E-state index contributed by atoms with van der Waals surface area (Å²) in [6, 6.07) is 10.3. The van der Waals surface area contributed by atoms with E-state index in [1.54, 1.807) is 18.4 Å². The highest BCUT2D eigenvalue weighted by Gasteiger charge is 2.54. The van der Waals surface area contributed by atoms with Crippen LogP contribution in [0.5, 0.6) is 0 Å². The van der Waals surface area contributed by atoms with Crippen molar-refractivity contribution in [3.8, 4) is 10.4 Å². The highest BCUT2D eigenvalue weighted by atomic mass is 32.1. The summed E-state index contributed by atoms with van der Waals surface area (Å²) in [5.74, 6) is 2.41.